The highest BCUT2D eigenvalue weighted by Crippen LogP contribution is 2.29. The molecule has 3 aromatic carbocycles. The molecule has 0 fully saturated rings. The average molecular weight is 516 g/mol. The van der Waals surface area contributed by atoms with Gasteiger partial charge in [0.05, 0.1) is 19.1 Å². The fraction of sp³-hybridized carbons (Fsp3) is 0.148. The number of nitrogens with one attached hydrogen (secondary N) is 1. The van der Waals surface area contributed by atoms with Gasteiger partial charge in [-0.2, -0.15) is 5.10 Å². The van der Waals surface area contributed by atoms with Crippen molar-refractivity contribution < 1.29 is 19.1 Å². The molecule has 1 heterocycles. The van der Waals surface area contributed by atoms with E-state index in [1.165, 1.54) is 32.0 Å². The van der Waals surface area contributed by atoms with Crippen LogP contribution in [0.3, 0.4) is 0 Å². The number of methoxy groups -OCH3 is 1. The number of esters is 1. The van der Waals surface area contributed by atoms with E-state index >= 15 is 0 Å². The first-order valence-electron chi connectivity index (χ1n) is 11.3. The van der Waals surface area contributed by atoms with Crippen LogP contribution in [0.15, 0.2) is 83.1 Å². The van der Waals surface area contributed by atoms with E-state index in [2.05, 4.69) is 20.7 Å². The largest absolute Gasteiger partial charge is 0.493 e. The van der Waals surface area contributed by atoms with Gasteiger partial charge in [0, 0.05) is 18.2 Å². The third-order valence-corrected chi connectivity index (χ3v) is 6.06. The van der Waals surface area contributed by atoms with Gasteiger partial charge in [-0.1, -0.05) is 59.8 Å². The Hall–Kier alpha value is -4.44. The van der Waals surface area contributed by atoms with E-state index < -0.39 is 5.97 Å². The van der Waals surface area contributed by atoms with Crippen LogP contribution < -0.4 is 14.9 Å². The highest BCUT2D eigenvalue weighted by Gasteiger charge is 2.17. The van der Waals surface area contributed by atoms with Gasteiger partial charge in [-0.3, -0.25) is 14.2 Å². The molecule has 37 heavy (non-hydrogen) atoms. The van der Waals surface area contributed by atoms with Crippen molar-refractivity contribution in [2.45, 2.75) is 19.0 Å². The number of carbonyl (C=O) groups is 2. The van der Waals surface area contributed by atoms with Gasteiger partial charge >= 0.3 is 5.97 Å². The highest BCUT2D eigenvalue weighted by atomic mass is 32.2. The van der Waals surface area contributed by atoms with Crippen molar-refractivity contribution >= 4 is 29.9 Å². The molecule has 0 spiro atoms. The topological polar surface area (TPSA) is 108 Å². The summed E-state index contributed by atoms with van der Waals surface area (Å²) >= 11 is 1.26. The number of hydrogen-bond donors (Lipinski definition) is 1. The molecule has 1 N–H and O–H groups in total. The molecule has 0 saturated heterocycles. The maximum Gasteiger partial charge on any atom is 0.308 e. The summed E-state index contributed by atoms with van der Waals surface area (Å²) in [7, 11) is 1.47. The Kier molecular flexibility index (Phi) is 8.32. The van der Waals surface area contributed by atoms with Gasteiger partial charge < -0.3 is 9.47 Å². The first kappa shape index (κ1) is 25.6. The molecule has 1 aromatic heterocycles. The third-order valence-electron chi connectivity index (χ3n) is 5.13. The molecule has 10 heteroatoms. The van der Waals surface area contributed by atoms with Crippen LogP contribution in [0.1, 0.15) is 18.1 Å². The molecule has 0 unspecified atom stereocenters. The zero-order valence-electron chi connectivity index (χ0n) is 20.5. The molecule has 0 atom stereocenters. The monoisotopic (exact) mass is 515 g/mol. The third kappa shape index (κ3) is 6.62. The zero-order valence-corrected chi connectivity index (χ0v) is 21.4. The number of hydrogen-bond acceptors (Lipinski definition) is 8. The molecule has 0 bridgehead atoms. The summed E-state index contributed by atoms with van der Waals surface area (Å²) in [4.78, 5) is 23.7. The normalized spacial score (nSPS) is 10.9. The van der Waals surface area contributed by atoms with E-state index in [-0.39, 0.29) is 11.7 Å². The SMILES string of the molecule is COc1cc(/C=N\NC(=O)CSc2nnc(-c3ccc(C)cc3)n2-c2ccccc2)ccc1OC(C)=O. The molecular formula is C27H25N5O4S. The number of nitrogens with zero attached hydrogens (tertiary/aromatic N) is 4. The van der Waals surface area contributed by atoms with Gasteiger partial charge in [-0.15, -0.1) is 10.2 Å². The number of amides is 1. The lowest BCUT2D eigenvalue weighted by Crippen LogP contribution is -2.20. The molecule has 0 radical (unpaired) electrons. The summed E-state index contributed by atoms with van der Waals surface area (Å²) in [6.45, 7) is 3.34. The van der Waals surface area contributed by atoms with Gasteiger partial charge in [0.1, 0.15) is 0 Å². The van der Waals surface area contributed by atoms with Crippen molar-refractivity contribution in [3.63, 3.8) is 0 Å². The first-order valence-corrected chi connectivity index (χ1v) is 12.3. The number of rotatable bonds is 9. The number of ether oxygens (including phenoxy) is 2. The Bertz CT molecular complexity index is 1420. The Morgan fingerprint density at radius 2 is 1.78 bits per heavy atom. The lowest BCUT2D eigenvalue weighted by Gasteiger charge is -2.10. The fourth-order valence-corrected chi connectivity index (χ4v) is 4.15. The molecule has 188 valence electrons. The van der Waals surface area contributed by atoms with Crippen LogP contribution in [0.4, 0.5) is 0 Å². The van der Waals surface area contributed by atoms with Gasteiger partial charge in [0.25, 0.3) is 5.91 Å². The van der Waals surface area contributed by atoms with Gasteiger partial charge in [-0.05, 0) is 42.8 Å². The lowest BCUT2D eigenvalue weighted by atomic mass is 10.1. The molecule has 0 aliphatic heterocycles. The Balaban J connectivity index is 1.44. The van der Waals surface area contributed by atoms with Gasteiger partial charge in [0.2, 0.25) is 0 Å². The number of para-hydroxylation sites is 1. The number of thioether (sulfide) groups is 1. The van der Waals surface area contributed by atoms with Crippen LogP contribution in [-0.4, -0.2) is 45.7 Å². The fourth-order valence-electron chi connectivity index (χ4n) is 3.41. The maximum atomic E-state index is 12.5. The Morgan fingerprint density at radius 3 is 2.49 bits per heavy atom. The van der Waals surface area contributed by atoms with Crippen LogP contribution in [0.25, 0.3) is 17.1 Å². The minimum Gasteiger partial charge on any atom is -0.493 e. The van der Waals surface area contributed by atoms with Crippen molar-refractivity contribution in [3.05, 3.63) is 83.9 Å². The highest BCUT2D eigenvalue weighted by molar-refractivity contribution is 7.99. The second-order valence-electron chi connectivity index (χ2n) is 7.93. The molecule has 4 rings (SSSR count). The number of carbonyl (C=O) groups excluding carboxylic acids is 2. The summed E-state index contributed by atoms with van der Waals surface area (Å²) in [6.07, 6.45) is 1.48. The molecule has 0 saturated carbocycles. The van der Waals surface area contributed by atoms with Crippen LogP contribution in [0.5, 0.6) is 11.5 Å². The molecule has 0 aliphatic rings. The first-order chi connectivity index (χ1) is 17.9. The van der Waals surface area contributed by atoms with Crippen molar-refractivity contribution in [2.75, 3.05) is 12.9 Å². The molecule has 9 nitrogen and oxygen atoms in total. The van der Waals surface area contributed by atoms with E-state index in [0.29, 0.717) is 28.0 Å². The molecular weight excluding hydrogens is 490 g/mol. The zero-order chi connectivity index (χ0) is 26.2. The number of aromatic nitrogens is 3. The number of benzene rings is 3. The van der Waals surface area contributed by atoms with Crippen LogP contribution in [0.2, 0.25) is 0 Å². The van der Waals surface area contributed by atoms with E-state index in [1.807, 2.05) is 66.1 Å². The second kappa shape index (κ2) is 12.0. The van der Waals surface area contributed by atoms with Gasteiger partial charge in [0.15, 0.2) is 22.5 Å². The summed E-state index contributed by atoms with van der Waals surface area (Å²) in [5.41, 5.74) is 6.16. The van der Waals surface area contributed by atoms with Crippen LogP contribution >= 0.6 is 11.8 Å². The quantitative estimate of drug-likeness (QED) is 0.116. The summed E-state index contributed by atoms with van der Waals surface area (Å²) in [5, 5.41) is 13.4. The Labute approximate surface area is 218 Å². The number of aryl methyl sites for hydroxylation is 1. The van der Waals surface area contributed by atoms with E-state index in [4.69, 9.17) is 9.47 Å². The predicted molar refractivity (Wildman–Crippen MR) is 142 cm³/mol. The molecule has 0 aliphatic carbocycles. The molecule has 1 amide bonds. The van der Waals surface area contributed by atoms with Crippen LogP contribution in [0, 0.1) is 6.92 Å². The summed E-state index contributed by atoms with van der Waals surface area (Å²) in [5.74, 6) is 0.720. The smallest absolute Gasteiger partial charge is 0.308 e. The lowest BCUT2D eigenvalue weighted by molar-refractivity contribution is -0.132. The Morgan fingerprint density at radius 1 is 1.03 bits per heavy atom. The minimum atomic E-state index is -0.446. The minimum absolute atomic E-state index is 0.0882. The van der Waals surface area contributed by atoms with E-state index in [1.54, 1.807) is 18.2 Å². The second-order valence-corrected chi connectivity index (χ2v) is 8.87. The van der Waals surface area contributed by atoms with E-state index in [9.17, 15) is 9.59 Å². The van der Waals surface area contributed by atoms with Crippen molar-refractivity contribution in [1.82, 2.24) is 20.2 Å². The van der Waals surface area contributed by atoms with Crippen molar-refractivity contribution in [2.24, 2.45) is 5.10 Å². The van der Waals surface area contributed by atoms with E-state index in [0.717, 1.165) is 16.8 Å². The van der Waals surface area contributed by atoms with Crippen LogP contribution in [-0.2, 0) is 9.59 Å². The molecule has 4 aromatic rings. The standard InChI is InChI=1S/C27H25N5O4S/c1-18-9-12-21(13-10-18)26-30-31-27(32(26)22-7-5-4-6-8-22)37-17-25(34)29-28-16-20-11-14-23(36-19(2)33)24(15-20)35-3/h4-16H,17H2,1-3H3,(H,29,34)/b28-16-. The maximum absolute atomic E-state index is 12.5. The summed E-state index contributed by atoms with van der Waals surface area (Å²) < 4.78 is 12.3. The average Bonchev–Trinajstić information content (AvgIpc) is 3.33. The van der Waals surface area contributed by atoms with Gasteiger partial charge in [-0.25, -0.2) is 5.43 Å². The predicted octanol–water partition coefficient (Wildman–Crippen LogP) is 4.42. The van der Waals surface area contributed by atoms with Crippen molar-refractivity contribution in [1.29, 1.82) is 0 Å². The van der Waals surface area contributed by atoms with Crippen molar-refractivity contribution in [3.8, 4) is 28.6 Å². The summed E-state index contributed by atoms with van der Waals surface area (Å²) in [6, 6.07) is 22.8. The number of hydrazone groups is 1.